The number of hydrogen-bond donors (Lipinski definition) is 0. The van der Waals surface area contributed by atoms with Crippen molar-refractivity contribution in [2.75, 3.05) is 4.90 Å². The maximum Gasteiger partial charge on any atom is 0.257 e. The van der Waals surface area contributed by atoms with Crippen LogP contribution in [0.5, 0.6) is 0 Å². The third-order valence-corrected chi connectivity index (χ3v) is 9.02. The fraction of sp³-hybridized carbons (Fsp3) is 0.679. The molecule has 3 fully saturated rings. The van der Waals surface area contributed by atoms with Gasteiger partial charge in [-0.3, -0.25) is 14.4 Å². The average molecular weight is 453 g/mol. The predicted molar refractivity (Wildman–Crippen MR) is 131 cm³/mol. The standard InChI is InChI=1S/C28H40N2O3/c1-18(2)19-13-15-21(16-14-19)30-23(31)17-22(25(30)32)29(20-11-9-7-8-10-12-20)26(33)24-27(3,4)28(24,5)6/h13-16,18,20,22,24H,7-12,17H2,1-6H3. The minimum absolute atomic E-state index is 0.0391. The summed E-state index contributed by atoms with van der Waals surface area (Å²) < 4.78 is 0. The summed E-state index contributed by atoms with van der Waals surface area (Å²) in [5, 5.41) is 0. The molecule has 1 aliphatic heterocycles. The molecule has 1 aromatic rings. The number of amides is 3. The Labute approximate surface area is 198 Å². The Hall–Kier alpha value is -2.17. The molecule has 3 aliphatic rings. The van der Waals surface area contributed by atoms with Crippen LogP contribution in [0.2, 0.25) is 0 Å². The maximum absolute atomic E-state index is 14.0. The average Bonchev–Trinajstić information content (AvgIpc) is 3.17. The number of hydrogen-bond acceptors (Lipinski definition) is 3. The molecule has 1 aromatic carbocycles. The van der Waals surface area contributed by atoms with Crippen LogP contribution < -0.4 is 4.90 Å². The van der Waals surface area contributed by atoms with Gasteiger partial charge in [0, 0.05) is 12.0 Å². The minimum Gasteiger partial charge on any atom is -0.327 e. The van der Waals surface area contributed by atoms with Crippen molar-refractivity contribution in [3.63, 3.8) is 0 Å². The van der Waals surface area contributed by atoms with Gasteiger partial charge in [-0.2, -0.15) is 0 Å². The first-order chi connectivity index (χ1) is 15.5. The number of anilines is 1. The highest BCUT2D eigenvalue weighted by molar-refractivity contribution is 6.23. The molecule has 33 heavy (non-hydrogen) atoms. The molecule has 0 radical (unpaired) electrons. The molecule has 5 heteroatoms. The Kier molecular flexibility index (Phi) is 6.22. The monoisotopic (exact) mass is 452 g/mol. The second-order valence-corrected chi connectivity index (χ2v) is 11.8. The van der Waals surface area contributed by atoms with E-state index < -0.39 is 6.04 Å². The lowest BCUT2D eigenvalue weighted by Crippen LogP contribution is -2.52. The van der Waals surface area contributed by atoms with Gasteiger partial charge in [-0.15, -0.1) is 0 Å². The fourth-order valence-electron chi connectivity index (χ4n) is 6.20. The van der Waals surface area contributed by atoms with Crippen molar-refractivity contribution < 1.29 is 14.4 Å². The number of carbonyl (C=O) groups excluding carboxylic acids is 3. The Morgan fingerprint density at radius 2 is 1.48 bits per heavy atom. The van der Waals surface area contributed by atoms with Crippen LogP contribution >= 0.6 is 0 Å². The van der Waals surface area contributed by atoms with E-state index in [0.717, 1.165) is 25.7 Å². The molecule has 2 saturated carbocycles. The molecule has 0 spiro atoms. The number of imide groups is 1. The van der Waals surface area contributed by atoms with Crippen molar-refractivity contribution in [1.29, 1.82) is 0 Å². The highest BCUT2D eigenvalue weighted by atomic mass is 16.2. The van der Waals surface area contributed by atoms with Crippen LogP contribution in [0.15, 0.2) is 24.3 Å². The Bertz CT molecular complexity index is 909. The molecule has 0 bridgehead atoms. The lowest BCUT2D eigenvalue weighted by Gasteiger charge is -2.36. The van der Waals surface area contributed by atoms with Crippen LogP contribution in [0.1, 0.15) is 98.0 Å². The predicted octanol–water partition coefficient (Wildman–Crippen LogP) is 5.68. The lowest BCUT2D eigenvalue weighted by atomic mass is 10.0. The van der Waals surface area contributed by atoms with Gasteiger partial charge in [0.25, 0.3) is 5.91 Å². The minimum atomic E-state index is -0.690. The highest BCUT2D eigenvalue weighted by Crippen LogP contribution is 2.69. The zero-order valence-electron chi connectivity index (χ0n) is 21.2. The van der Waals surface area contributed by atoms with Crippen molar-refractivity contribution >= 4 is 23.4 Å². The van der Waals surface area contributed by atoms with Gasteiger partial charge in [0.05, 0.1) is 12.1 Å². The Morgan fingerprint density at radius 1 is 0.939 bits per heavy atom. The van der Waals surface area contributed by atoms with Crippen LogP contribution in [-0.2, 0) is 14.4 Å². The third kappa shape index (κ3) is 4.02. The smallest absolute Gasteiger partial charge is 0.257 e. The van der Waals surface area contributed by atoms with Gasteiger partial charge in [0.1, 0.15) is 6.04 Å². The van der Waals surface area contributed by atoms with Crippen molar-refractivity contribution in [3.8, 4) is 0 Å². The van der Waals surface area contributed by atoms with E-state index in [0.29, 0.717) is 11.6 Å². The van der Waals surface area contributed by atoms with E-state index >= 15 is 0 Å². The first-order valence-electron chi connectivity index (χ1n) is 12.8. The second-order valence-electron chi connectivity index (χ2n) is 11.8. The summed E-state index contributed by atoms with van der Waals surface area (Å²) in [5.41, 5.74) is 1.57. The second kappa shape index (κ2) is 8.56. The van der Waals surface area contributed by atoms with Crippen LogP contribution in [0.3, 0.4) is 0 Å². The van der Waals surface area contributed by atoms with E-state index in [1.165, 1.54) is 23.3 Å². The Morgan fingerprint density at radius 3 is 1.97 bits per heavy atom. The zero-order chi connectivity index (χ0) is 24.1. The van der Waals surface area contributed by atoms with E-state index in [1.54, 1.807) is 0 Å². The normalized spacial score (nSPS) is 25.4. The van der Waals surface area contributed by atoms with Crippen LogP contribution in [0.4, 0.5) is 5.69 Å². The number of nitrogens with zero attached hydrogens (tertiary/aromatic N) is 2. The molecule has 180 valence electrons. The van der Waals surface area contributed by atoms with Crippen LogP contribution in [0.25, 0.3) is 0 Å². The molecule has 1 saturated heterocycles. The molecule has 2 aliphatic carbocycles. The topological polar surface area (TPSA) is 57.7 Å². The van der Waals surface area contributed by atoms with E-state index in [2.05, 4.69) is 41.5 Å². The van der Waals surface area contributed by atoms with Crippen LogP contribution in [-0.4, -0.2) is 34.7 Å². The molecule has 1 heterocycles. The van der Waals surface area contributed by atoms with Gasteiger partial charge in [-0.1, -0.05) is 79.4 Å². The number of rotatable bonds is 5. The van der Waals surface area contributed by atoms with Gasteiger partial charge >= 0.3 is 0 Å². The van der Waals surface area contributed by atoms with Crippen molar-refractivity contribution in [3.05, 3.63) is 29.8 Å². The van der Waals surface area contributed by atoms with Gasteiger partial charge < -0.3 is 4.90 Å². The van der Waals surface area contributed by atoms with Crippen molar-refractivity contribution in [2.24, 2.45) is 16.7 Å². The molecule has 0 N–H and O–H groups in total. The molecule has 1 unspecified atom stereocenters. The maximum atomic E-state index is 14.0. The summed E-state index contributed by atoms with van der Waals surface area (Å²) in [7, 11) is 0. The summed E-state index contributed by atoms with van der Waals surface area (Å²) in [5.74, 6) is -0.116. The van der Waals surface area contributed by atoms with Crippen LogP contribution in [0, 0.1) is 16.7 Å². The molecule has 0 aromatic heterocycles. The van der Waals surface area contributed by atoms with Gasteiger partial charge in [0.2, 0.25) is 11.8 Å². The van der Waals surface area contributed by atoms with Crippen molar-refractivity contribution in [2.45, 2.75) is 104 Å². The lowest BCUT2D eigenvalue weighted by molar-refractivity contribution is -0.143. The third-order valence-electron chi connectivity index (χ3n) is 9.02. The highest BCUT2D eigenvalue weighted by Gasteiger charge is 2.69. The summed E-state index contributed by atoms with van der Waals surface area (Å²) in [6, 6.07) is 7.04. The quantitative estimate of drug-likeness (QED) is 0.427. The first-order valence-corrected chi connectivity index (χ1v) is 12.8. The molecular weight excluding hydrogens is 412 g/mol. The summed E-state index contributed by atoms with van der Waals surface area (Å²) in [6.45, 7) is 12.8. The number of benzene rings is 1. The molecule has 1 atom stereocenters. The van der Waals surface area contributed by atoms with Gasteiger partial charge in [-0.25, -0.2) is 4.90 Å². The van der Waals surface area contributed by atoms with E-state index in [-0.39, 0.29) is 46.9 Å². The largest absolute Gasteiger partial charge is 0.327 e. The molecule has 3 amide bonds. The Balaban J connectivity index is 1.65. The zero-order valence-corrected chi connectivity index (χ0v) is 21.2. The summed E-state index contributed by atoms with van der Waals surface area (Å²) in [6.07, 6.45) is 6.40. The van der Waals surface area contributed by atoms with Gasteiger partial charge in [0.15, 0.2) is 0 Å². The first kappa shape index (κ1) is 24.0. The summed E-state index contributed by atoms with van der Waals surface area (Å²) >= 11 is 0. The van der Waals surface area contributed by atoms with Gasteiger partial charge in [-0.05, 0) is 47.3 Å². The number of carbonyl (C=O) groups is 3. The van der Waals surface area contributed by atoms with E-state index in [1.807, 2.05) is 29.2 Å². The molecule has 5 nitrogen and oxygen atoms in total. The fourth-order valence-corrected chi connectivity index (χ4v) is 6.20. The molecular formula is C28H40N2O3. The molecule has 4 rings (SSSR count). The SMILES string of the molecule is CC(C)c1ccc(N2C(=O)CC(N(C(=O)C3C(C)(C)C3(C)C)C3CCCCCC3)C2=O)cc1. The summed E-state index contributed by atoms with van der Waals surface area (Å²) in [4.78, 5) is 44.0. The van der Waals surface area contributed by atoms with E-state index in [4.69, 9.17) is 0 Å². The van der Waals surface area contributed by atoms with Crippen molar-refractivity contribution in [1.82, 2.24) is 4.90 Å². The van der Waals surface area contributed by atoms with E-state index in [9.17, 15) is 14.4 Å².